The van der Waals surface area contributed by atoms with Gasteiger partial charge in [-0.3, -0.25) is 19.2 Å². The van der Waals surface area contributed by atoms with Gasteiger partial charge in [-0.1, -0.05) is 86.5 Å². The quantitative estimate of drug-likeness (QED) is 0.140. The summed E-state index contributed by atoms with van der Waals surface area (Å²) in [4.78, 5) is 69.9. The number of nitrogens with zero attached hydrogens (tertiary/aromatic N) is 2. The van der Waals surface area contributed by atoms with Crippen molar-refractivity contribution in [3.63, 3.8) is 0 Å². The third kappa shape index (κ3) is 11.7. The molecule has 0 aromatic carbocycles. The molecule has 0 spiro atoms. The molecule has 1 saturated heterocycles. The number of rotatable bonds is 16. The number of unbranched alkanes of at least 4 members (excludes halogenated alkanes) is 1. The molecule has 13 nitrogen and oxygen atoms in total. The van der Waals surface area contributed by atoms with Gasteiger partial charge in [0.1, 0.15) is 12.1 Å². The summed E-state index contributed by atoms with van der Waals surface area (Å²) in [5, 5.41) is 11.1. The van der Waals surface area contributed by atoms with E-state index < -0.39 is 68.6 Å². The number of hydrogen-bond acceptors (Lipinski definition) is 7. The van der Waals surface area contributed by atoms with E-state index in [2.05, 4.69) is 27.2 Å². The second-order valence-electron chi connectivity index (χ2n) is 15.9. The van der Waals surface area contributed by atoms with Gasteiger partial charge in [-0.25, -0.2) is 17.5 Å². The number of terminal acetylenes is 1. The van der Waals surface area contributed by atoms with E-state index in [0.29, 0.717) is 25.7 Å². The molecule has 1 saturated carbocycles. The first-order chi connectivity index (χ1) is 23.2. The lowest BCUT2D eigenvalue weighted by molar-refractivity contribution is -0.145. The van der Waals surface area contributed by atoms with Gasteiger partial charge < -0.3 is 26.2 Å². The molecule has 1 aliphatic carbocycles. The highest BCUT2D eigenvalue weighted by Crippen LogP contribution is 2.41. The largest absolute Gasteiger partial charge is 0.344 e. The molecular weight excluding hydrogens is 660 g/mol. The number of nitrogens with one attached hydrogen (secondary N) is 4. The van der Waals surface area contributed by atoms with Crippen LogP contribution in [0.5, 0.6) is 0 Å². The monoisotopic (exact) mass is 722 g/mol. The van der Waals surface area contributed by atoms with Crippen LogP contribution in [0.2, 0.25) is 0 Å². The Morgan fingerprint density at radius 2 is 1.66 bits per heavy atom. The molecule has 2 fully saturated rings. The van der Waals surface area contributed by atoms with Gasteiger partial charge in [0.05, 0.1) is 18.8 Å². The van der Waals surface area contributed by atoms with E-state index in [1.165, 1.54) is 11.4 Å². The van der Waals surface area contributed by atoms with Gasteiger partial charge in [0.25, 0.3) is 5.91 Å². The van der Waals surface area contributed by atoms with Crippen LogP contribution in [-0.4, -0.2) is 104 Å². The fraction of sp³-hybridized carbons (Fsp3) is 0.806. The smallest absolute Gasteiger partial charge is 0.315 e. The predicted molar refractivity (Wildman–Crippen MR) is 194 cm³/mol. The van der Waals surface area contributed by atoms with Gasteiger partial charge in [-0.15, -0.1) is 6.42 Å². The Morgan fingerprint density at radius 1 is 1.04 bits per heavy atom. The number of Topliss-reactive ketones (excluding diaryl/α,β-unsaturated/α-hetero) is 1. The minimum absolute atomic E-state index is 0.0200. The summed E-state index contributed by atoms with van der Waals surface area (Å²) in [5.41, 5.74) is -1.12. The van der Waals surface area contributed by atoms with Crippen molar-refractivity contribution >= 4 is 39.6 Å². The number of amides is 5. The van der Waals surface area contributed by atoms with E-state index >= 15 is 0 Å². The molecule has 1 aliphatic heterocycles. The number of urea groups is 1. The minimum atomic E-state index is -3.51. The maximum Gasteiger partial charge on any atom is 0.315 e. The number of carbonyl (C=O) groups excluding carboxylic acids is 5. The summed E-state index contributed by atoms with van der Waals surface area (Å²) in [6, 6.07) is -4.15. The predicted octanol–water partition coefficient (Wildman–Crippen LogP) is 2.80. The summed E-state index contributed by atoms with van der Waals surface area (Å²) < 4.78 is 25.6. The molecule has 4 N–H and O–H groups in total. The Bertz CT molecular complexity index is 1360. The Kier molecular flexibility index (Phi) is 15.8. The molecule has 2 aliphatic rings. The lowest BCUT2D eigenvalue weighted by Crippen LogP contribution is -2.63. The summed E-state index contributed by atoms with van der Waals surface area (Å²) in [5.74, 6) is -0.490. The number of carbonyl (C=O) groups is 5. The van der Waals surface area contributed by atoms with Crippen molar-refractivity contribution in [2.45, 2.75) is 130 Å². The number of likely N-dealkylation sites (N-methyl/N-ethyl adjacent to an activating group) is 1. The van der Waals surface area contributed by atoms with Gasteiger partial charge in [0, 0.05) is 26.2 Å². The lowest BCUT2D eigenvalue weighted by Gasteiger charge is -2.43. The van der Waals surface area contributed by atoms with Crippen molar-refractivity contribution in [2.75, 3.05) is 32.9 Å². The SMILES string of the molecule is C#CCNC(=O)C(=O)C(CCCC)NC(=O)[C@@H]1[C@@H](C(C)C)CCN1C(=O)[C@@H](NC(=O)N[C@H](CN(C)S(C)(=O)=O)C(C)(C)C)C1(C)CCCCC1. The average Bonchev–Trinajstić information content (AvgIpc) is 3.49. The van der Waals surface area contributed by atoms with Crippen LogP contribution >= 0.6 is 0 Å². The first-order valence-electron chi connectivity index (χ1n) is 18.0. The second-order valence-corrected chi connectivity index (χ2v) is 17.9. The molecule has 50 heavy (non-hydrogen) atoms. The molecule has 5 atom stereocenters. The molecule has 0 bridgehead atoms. The van der Waals surface area contributed by atoms with Crippen LogP contribution in [0.3, 0.4) is 0 Å². The van der Waals surface area contributed by atoms with Gasteiger partial charge in [0.2, 0.25) is 27.6 Å². The average molecular weight is 723 g/mol. The van der Waals surface area contributed by atoms with E-state index in [4.69, 9.17) is 6.42 Å². The highest BCUT2D eigenvalue weighted by atomic mass is 32.2. The number of hydrogen-bond donors (Lipinski definition) is 4. The summed E-state index contributed by atoms with van der Waals surface area (Å²) in [6.45, 7) is 13.8. The van der Waals surface area contributed by atoms with E-state index in [9.17, 15) is 32.4 Å². The topological polar surface area (TPSA) is 174 Å². The second kappa shape index (κ2) is 18.4. The molecule has 284 valence electrons. The Morgan fingerprint density at radius 3 is 2.18 bits per heavy atom. The summed E-state index contributed by atoms with van der Waals surface area (Å²) in [6.07, 6.45) is 12.7. The Balaban J connectivity index is 2.46. The standard InChI is InChI=1S/C36H62N6O7S/c1-11-13-17-26(29(43)32(45)37-21-12-2)38-31(44)28-25(24(3)4)18-22-42(28)33(46)30(36(8)19-15-14-16-20-36)40-34(47)39-27(35(5,6)7)23-41(9)50(10,48)49/h2,24-28,30H,11,13-23H2,1,3-10H3,(H,37,45)(H,38,44)(H2,39,40,47)/t25-,26?,27-,28+,30-/m1/s1. The summed E-state index contributed by atoms with van der Waals surface area (Å²) in [7, 11) is -2.06. The van der Waals surface area contributed by atoms with Gasteiger partial charge in [0.15, 0.2) is 0 Å². The van der Waals surface area contributed by atoms with E-state index in [1.807, 2.05) is 48.5 Å². The highest BCUT2D eigenvalue weighted by molar-refractivity contribution is 7.88. The van der Waals surface area contributed by atoms with Gasteiger partial charge in [-0.05, 0) is 48.3 Å². The first-order valence-corrected chi connectivity index (χ1v) is 19.9. The zero-order valence-electron chi connectivity index (χ0n) is 31.7. The van der Waals surface area contributed by atoms with Crippen molar-refractivity contribution < 1.29 is 32.4 Å². The maximum absolute atomic E-state index is 14.7. The van der Waals surface area contributed by atoms with Crippen LogP contribution < -0.4 is 21.3 Å². The lowest BCUT2D eigenvalue weighted by atomic mass is 9.70. The van der Waals surface area contributed by atoms with E-state index in [1.54, 1.807) is 4.90 Å². The van der Waals surface area contributed by atoms with Crippen molar-refractivity contribution in [2.24, 2.45) is 22.7 Å². The van der Waals surface area contributed by atoms with Crippen LogP contribution in [0, 0.1) is 35.0 Å². The molecule has 0 aromatic heterocycles. The maximum atomic E-state index is 14.7. The normalized spacial score (nSPS) is 21.1. The van der Waals surface area contributed by atoms with Crippen LogP contribution in [0.25, 0.3) is 0 Å². The number of sulfonamides is 1. The molecule has 1 heterocycles. The van der Waals surface area contributed by atoms with Crippen LogP contribution in [0.15, 0.2) is 0 Å². The van der Waals surface area contributed by atoms with Gasteiger partial charge >= 0.3 is 6.03 Å². The molecule has 14 heteroatoms. The van der Waals surface area contributed by atoms with Crippen molar-refractivity contribution in [1.29, 1.82) is 0 Å². The molecular formula is C36H62N6O7S. The molecule has 0 radical (unpaired) electrons. The fourth-order valence-electron chi connectivity index (χ4n) is 7.02. The van der Waals surface area contributed by atoms with Crippen molar-refractivity contribution in [1.82, 2.24) is 30.5 Å². The Labute approximate surface area is 300 Å². The molecule has 0 aromatic rings. The van der Waals surface area contributed by atoms with Crippen molar-refractivity contribution in [3.05, 3.63) is 0 Å². The number of likely N-dealkylation sites (tertiary alicyclic amines) is 1. The zero-order chi connectivity index (χ0) is 38.0. The van der Waals surface area contributed by atoms with Crippen molar-refractivity contribution in [3.8, 4) is 12.3 Å². The van der Waals surface area contributed by atoms with Crippen LogP contribution in [0.1, 0.15) is 106 Å². The minimum Gasteiger partial charge on any atom is -0.344 e. The van der Waals surface area contributed by atoms with Gasteiger partial charge in [-0.2, -0.15) is 0 Å². The summed E-state index contributed by atoms with van der Waals surface area (Å²) >= 11 is 0. The van der Waals surface area contributed by atoms with Crippen LogP contribution in [-0.2, 0) is 29.2 Å². The third-order valence-electron chi connectivity index (χ3n) is 10.5. The number of ketones is 1. The highest BCUT2D eigenvalue weighted by Gasteiger charge is 2.50. The van der Waals surface area contributed by atoms with Crippen LogP contribution in [0.4, 0.5) is 4.79 Å². The molecule has 2 rings (SSSR count). The first kappa shape index (κ1) is 43.0. The zero-order valence-corrected chi connectivity index (χ0v) is 32.5. The van der Waals surface area contributed by atoms with E-state index in [0.717, 1.165) is 31.9 Å². The fourth-order valence-corrected chi connectivity index (χ4v) is 7.44. The molecule has 1 unspecified atom stereocenters. The molecule has 5 amide bonds. The third-order valence-corrected chi connectivity index (χ3v) is 11.8. The van der Waals surface area contributed by atoms with E-state index in [-0.39, 0.29) is 43.8 Å². The Hall–Kier alpha value is -3.18.